The molecule has 29 heavy (non-hydrogen) atoms. The van der Waals surface area contributed by atoms with Gasteiger partial charge in [-0.1, -0.05) is 30.3 Å². The molecule has 0 radical (unpaired) electrons. The van der Waals surface area contributed by atoms with Crippen LogP contribution in [0.5, 0.6) is 0 Å². The average Bonchev–Trinajstić information content (AvgIpc) is 2.70. The molecule has 0 unspecified atom stereocenters. The van der Waals surface area contributed by atoms with Crippen molar-refractivity contribution >= 4 is 15.9 Å². The first kappa shape index (κ1) is 21.4. The van der Waals surface area contributed by atoms with E-state index in [2.05, 4.69) is 0 Å². The van der Waals surface area contributed by atoms with Crippen LogP contribution in [0.15, 0.2) is 53.4 Å². The highest BCUT2D eigenvalue weighted by atomic mass is 32.2. The lowest BCUT2D eigenvalue weighted by Crippen LogP contribution is -2.52. The second-order valence-corrected chi connectivity index (χ2v) is 9.28. The molecule has 0 N–H and O–H groups in total. The summed E-state index contributed by atoms with van der Waals surface area (Å²) in [5, 5.41) is 0. The highest BCUT2D eigenvalue weighted by Gasteiger charge is 2.30. The van der Waals surface area contributed by atoms with E-state index in [-0.39, 0.29) is 30.4 Å². The average molecular weight is 420 g/mol. The second-order valence-electron chi connectivity index (χ2n) is 7.34. The van der Waals surface area contributed by atoms with Gasteiger partial charge in [-0.25, -0.2) is 12.8 Å². The van der Waals surface area contributed by atoms with Crippen molar-refractivity contribution in [2.75, 3.05) is 39.8 Å². The smallest absolute Gasteiger partial charge is 0.243 e. The van der Waals surface area contributed by atoms with Crippen molar-refractivity contribution in [3.8, 4) is 0 Å². The number of amides is 1. The van der Waals surface area contributed by atoms with Crippen molar-refractivity contribution in [1.29, 1.82) is 0 Å². The summed E-state index contributed by atoms with van der Waals surface area (Å²) < 4.78 is 40.1. The van der Waals surface area contributed by atoms with Crippen LogP contribution < -0.4 is 0 Å². The summed E-state index contributed by atoms with van der Waals surface area (Å²) >= 11 is 0. The first-order valence-corrected chi connectivity index (χ1v) is 11.0. The quantitative estimate of drug-likeness (QED) is 0.720. The minimum Gasteiger partial charge on any atom is -0.339 e. The summed E-state index contributed by atoms with van der Waals surface area (Å²) in [6.07, 6.45) is 0. The van der Waals surface area contributed by atoms with Crippen molar-refractivity contribution < 1.29 is 17.6 Å². The largest absolute Gasteiger partial charge is 0.339 e. The Kier molecular flexibility index (Phi) is 6.66. The van der Waals surface area contributed by atoms with E-state index < -0.39 is 15.8 Å². The van der Waals surface area contributed by atoms with Crippen molar-refractivity contribution in [1.82, 2.24) is 14.1 Å². The zero-order valence-corrected chi connectivity index (χ0v) is 17.5. The van der Waals surface area contributed by atoms with E-state index in [1.54, 1.807) is 4.90 Å². The SMILES string of the molecule is Cc1ccccc1CN(C)CC(=O)N1CCN(S(=O)(=O)c2cccc(F)c2)CC1. The van der Waals surface area contributed by atoms with Crippen LogP contribution in [-0.2, 0) is 21.4 Å². The van der Waals surface area contributed by atoms with Gasteiger partial charge in [0.05, 0.1) is 11.4 Å². The van der Waals surface area contributed by atoms with Crippen LogP contribution in [0.1, 0.15) is 11.1 Å². The van der Waals surface area contributed by atoms with E-state index in [0.717, 1.165) is 6.07 Å². The third-order valence-electron chi connectivity index (χ3n) is 5.13. The lowest BCUT2D eigenvalue weighted by atomic mass is 10.1. The summed E-state index contributed by atoms with van der Waals surface area (Å²) in [6.45, 7) is 4.04. The Labute approximate surface area is 171 Å². The fourth-order valence-electron chi connectivity index (χ4n) is 3.42. The van der Waals surface area contributed by atoms with Crippen molar-refractivity contribution in [3.05, 3.63) is 65.5 Å². The lowest BCUT2D eigenvalue weighted by Gasteiger charge is -2.34. The number of sulfonamides is 1. The maximum atomic E-state index is 13.4. The van der Waals surface area contributed by atoms with E-state index in [1.807, 2.05) is 43.1 Å². The van der Waals surface area contributed by atoms with Gasteiger partial charge in [0.2, 0.25) is 15.9 Å². The number of likely N-dealkylation sites (N-methyl/N-ethyl adjacent to an activating group) is 1. The molecule has 156 valence electrons. The van der Waals surface area contributed by atoms with Crippen molar-refractivity contribution in [2.24, 2.45) is 0 Å². The van der Waals surface area contributed by atoms with E-state index in [9.17, 15) is 17.6 Å². The monoisotopic (exact) mass is 419 g/mol. The topological polar surface area (TPSA) is 60.9 Å². The van der Waals surface area contributed by atoms with Gasteiger partial charge >= 0.3 is 0 Å². The molecule has 1 aliphatic heterocycles. The van der Waals surface area contributed by atoms with Gasteiger partial charge in [-0.05, 0) is 43.3 Å². The molecule has 6 nitrogen and oxygen atoms in total. The maximum absolute atomic E-state index is 13.4. The summed E-state index contributed by atoms with van der Waals surface area (Å²) in [5.41, 5.74) is 2.36. The molecule has 3 rings (SSSR count). The number of carbonyl (C=O) groups excluding carboxylic acids is 1. The molecule has 0 aromatic heterocycles. The van der Waals surface area contributed by atoms with Crippen LogP contribution in [0.25, 0.3) is 0 Å². The third kappa shape index (κ3) is 5.20. The zero-order chi connectivity index (χ0) is 21.0. The number of benzene rings is 2. The number of nitrogens with zero attached hydrogens (tertiary/aromatic N) is 3. The van der Waals surface area contributed by atoms with Crippen LogP contribution in [0.4, 0.5) is 4.39 Å². The number of carbonyl (C=O) groups is 1. The Morgan fingerprint density at radius 3 is 2.41 bits per heavy atom. The van der Waals surface area contributed by atoms with Gasteiger partial charge in [0.25, 0.3) is 0 Å². The molecule has 1 amide bonds. The van der Waals surface area contributed by atoms with Gasteiger partial charge < -0.3 is 4.90 Å². The molecular weight excluding hydrogens is 393 g/mol. The van der Waals surface area contributed by atoms with Gasteiger partial charge in [-0.15, -0.1) is 0 Å². The van der Waals surface area contributed by atoms with E-state index in [0.29, 0.717) is 19.6 Å². The predicted octanol–water partition coefficient (Wildman–Crippen LogP) is 2.10. The van der Waals surface area contributed by atoms with E-state index >= 15 is 0 Å². The first-order chi connectivity index (χ1) is 13.8. The molecule has 2 aromatic rings. The molecule has 0 spiro atoms. The molecule has 2 aromatic carbocycles. The molecule has 0 aliphatic carbocycles. The molecule has 1 heterocycles. The van der Waals surface area contributed by atoms with Gasteiger partial charge in [0, 0.05) is 32.7 Å². The van der Waals surface area contributed by atoms with Crippen molar-refractivity contribution in [3.63, 3.8) is 0 Å². The van der Waals surface area contributed by atoms with Crippen LogP contribution in [-0.4, -0.2) is 68.2 Å². The summed E-state index contributed by atoms with van der Waals surface area (Å²) in [5.74, 6) is -0.611. The normalized spacial score (nSPS) is 15.7. The molecule has 0 bridgehead atoms. The summed E-state index contributed by atoms with van der Waals surface area (Å²) in [6, 6.07) is 13.1. The standard InChI is InChI=1S/C21H26FN3O3S/c1-17-6-3-4-7-18(17)15-23(2)16-21(26)24-10-12-25(13-11-24)29(27,28)20-9-5-8-19(22)14-20/h3-9,14H,10-13,15-16H2,1-2H3. The molecule has 1 fully saturated rings. The highest BCUT2D eigenvalue weighted by Crippen LogP contribution is 2.18. The fourth-order valence-corrected chi connectivity index (χ4v) is 4.87. The first-order valence-electron chi connectivity index (χ1n) is 9.54. The second kappa shape index (κ2) is 9.02. The molecule has 1 saturated heterocycles. The molecule has 0 atom stereocenters. The van der Waals surface area contributed by atoms with Crippen LogP contribution in [0.3, 0.4) is 0 Å². The van der Waals surface area contributed by atoms with Crippen LogP contribution >= 0.6 is 0 Å². The van der Waals surface area contributed by atoms with Gasteiger partial charge in [-0.2, -0.15) is 4.31 Å². The van der Waals surface area contributed by atoms with Crippen molar-refractivity contribution in [2.45, 2.75) is 18.4 Å². The summed E-state index contributed by atoms with van der Waals surface area (Å²) in [7, 11) is -1.86. The highest BCUT2D eigenvalue weighted by molar-refractivity contribution is 7.89. The minimum absolute atomic E-state index is 0.0242. The Morgan fingerprint density at radius 1 is 1.07 bits per heavy atom. The minimum atomic E-state index is -3.76. The fraction of sp³-hybridized carbons (Fsp3) is 0.381. The maximum Gasteiger partial charge on any atom is 0.243 e. The number of hydrogen-bond acceptors (Lipinski definition) is 4. The zero-order valence-electron chi connectivity index (χ0n) is 16.7. The number of hydrogen-bond donors (Lipinski definition) is 0. The van der Waals surface area contributed by atoms with Gasteiger partial charge in [-0.3, -0.25) is 9.69 Å². The Bertz CT molecular complexity index is 973. The van der Waals surface area contributed by atoms with E-state index in [1.165, 1.54) is 33.6 Å². The Balaban J connectivity index is 1.55. The molecule has 1 aliphatic rings. The predicted molar refractivity (Wildman–Crippen MR) is 109 cm³/mol. The lowest BCUT2D eigenvalue weighted by molar-refractivity contribution is -0.133. The molecule has 0 saturated carbocycles. The van der Waals surface area contributed by atoms with E-state index in [4.69, 9.17) is 0 Å². The Morgan fingerprint density at radius 2 is 1.76 bits per heavy atom. The Hall–Kier alpha value is -2.29. The molecular formula is C21H26FN3O3S. The van der Waals surface area contributed by atoms with Gasteiger partial charge in [0.15, 0.2) is 0 Å². The van der Waals surface area contributed by atoms with Crippen LogP contribution in [0, 0.1) is 12.7 Å². The number of piperazine rings is 1. The molecule has 8 heteroatoms. The number of aryl methyl sites for hydroxylation is 1. The third-order valence-corrected chi connectivity index (χ3v) is 7.03. The summed E-state index contributed by atoms with van der Waals surface area (Å²) in [4.78, 5) is 16.2. The van der Waals surface area contributed by atoms with Gasteiger partial charge in [0.1, 0.15) is 5.82 Å². The number of halogens is 1. The number of rotatable bonds is 6. The van der Waals surface area contributed by atoms with Crippen LogP contribution in [0.2, 0.25) is 0 Å².